The first-order valence-electron chi connectivity index (χ1n) is 8.87. The molecule has 0 spiro atoms. The molecule has 0 amide bonds. The number of imidazole rings is 1. The highest BCUT2D eigenvalue weighted by molar-refractivity contribution is 5.46. The lowest BCUT2D eigenvalue weighted by Gasteiger charge is -2.36. The second kappa shape index (κ2) is 7.37. The van der Waals surface area contributed by atoms with Crippen LogP contribution in [0.25, 0.3) is 0 Å². The summed E-state index contributed by atoms with van der Waals surface area (Å²) in [5, 5.41) is 13.0. The maximum Gasteiger partial charge on any atom is 0.227 e. The summed E-state index contributed by atoms with van der Waals surface area (Å²) in [6.07, 6.45) is 7.31. The zero-order valence-electron chi connectivity index (χ0n) is 14.2. The molecule has 2 aromatic heterocycles. The Balaban J connectivity index is 1.41. The average molecular weight is 344 g/mol. The third kappa shape index (κ3) is 3.91. The van der Waals surface area contributed by atoms with E-state index in [0.29, 0.717) is 25.0 Å². The molecule has 0 aliphatic carbocycles. The molecule has 2 fully saturated rings. The molecule has 4 heterocycles. The maximum absolute atomic E-state index is 9.55. The number of ether oxygens (including phenoxy) is 1. The number of aryl methyl sites for hydroxylation is 1. The van der Waals surface area contributed by atoms with Gasteiger partial charge in [-0.3, -0.25) is 0 Å². The lowest BCUT2D eigenvalue weighted by Crippen LogP contribution is -2.51. The molecule has 2 aliphatic heterocycles. The Morgan fingerprint density at radius 1 is 1.32 bits per heavy atom. The van der Waals surface area contributed by atoms with Crippen molar-refractivity contribution < 1.29 is 9.84 Å². The van der Waals surface area contributed by atoms with Crippen LogP contribution in [0.3, 0.4) is 0 Å². The van der Waals surface area contributed by atoms with Gasteiger partial charge in [0.15, 0.2) is 0 Å². The van der Waals surface area contributed by atoms with Gasteiger partial charge >= 0.3 is 0 Å². The van der Waals surface area contributed by atoms with E-state index >= 15 is 0 Å². The summed E-state index contributed by atoms with van der Waals surface area (Å²) >= 11 is 0. The van der Waals surface area contributed by atoms with Crippen LogP contribution in [0.5, 0.6) is 0 Å². The Kier molecular flexibility index (Phi) is 4.80. The number of rotatable bonds is 7. The molecule has 0 radical (unpaired) electrons. The van der Waals surface area contributed by atoms with Gasteiger partial charge in [0.25, 0.3) is 0 Å². The third-order valence-electron chi connectivity index (χ3n) is 4.69. The van der Waals surface area contributed by atoms with Crippen LogP contribution in [0.1, 0.15) is 24.5 Å². The Labute approximate surface area is 146 Å². The van der Waals surface area contributed by atoms with Crippen LogP contribution in [0, 0.1) is 0 Å². The van der Waals surface area contributed by atoms with Crippen LogP contribution in [0.15, 0.2) is 24.8 Å². The van der Waals surface area contributed by atoms with Gasteiger partial charge in [-0.15, -0.1) is 0 Å². The van der Waals surface area contributed by atoms with Crippen molar-refractivity contribution in [2.45, 2.75) is 31.4 Å². The summed E-state index contributed by atoms with van der Waals surface area (Å²) in [7, 11) is 0. The van der Waals surface area contributed by atoms with Crippen LogP contribution in [-0.4, -0.2) is 63.6 Å². The van der Waals surface area contributed by atoms with Gasteiger partial charge in [0.05, 0.1) is 24.7 Å². The fraction of sp³-hybridized carbons (Fsp3) is 0.588. The van der Waals surface area contributed by atoms with Gasteiger partial charge in [-0.2, -0.15) is 4.98 Å². The highest BCUT2D eigenvalue weighted by Crippen LogP contribution is 2.28. The van der Waals surface area contributed by atoms with E-state index < -0.39 is 0 Å². The van der Waals surface area contributed by atoms with E-state index in [0.717, 1.165) is 50.7 Å². The zero-order valence-corrected chi connectivity index (χ0v) is 14.2. The molecule has 2 aliphatic rings. The lowest BCUT2D eigenvalue weighted by atomic mass is 10.0. The van der Waals surface area contributed by atoms with Crippen molar-refractivity contribution in [2.24, 2.45) is 0 Å². The molecule has 1 atom stereocenters. The number of nitrogens with one attached hydrogen (secondary N) is 1. The van der Waals surface area contributed by atoms with Crippen LogP contribution in [-0.2, 0) is 11.3 Å². The highest BCUT2D eigenvalue weighted by Gasteiger charge is 2.28. The average Bonchev–Trinajstić information content (AvgIpc) is 3.29. The van der Waals surface area contributed by atoms with Gasteiger partial charge in [0.1, 0.15) is 5.82 Å². The summed E-state index contributed by atoms with van der Waals surface area (Å²) in [6, 6.07) is 2.04. The summed E-state index contributed by atoms with van der Waals surface area (Å²) in [5.74, 6) is 1.88. The molecule has 8 nitrogen and oxygen atoms in total. The van der Waals surface area contributed by atoms with Crippen molar-refractivity contribution in [1.29, 1.82) is 0 Å². The number of aliphatic hydroxyl groups excluding tert-OH is 1. The number of anilines is 2. The van der Waals surface area contributed by atoms with Crippen molar-refractivity contribution in [3.8, 4) is 0 Å². The van der Waals surface area contributed by atoms with Gasteiger partial charge in [0.2, 0.25) is 5.95 Å². The summed E-state index contributed by atoms with van der Waals surface area (Å²) in [5.41, 5.74) is 1.03. The smallest absolute Gasteiger partial charge is 0.227 e. The van der Waals surface area contributed by atoms with Gasteiger partial charge in [0, 0.05) is 57.2 Å². The number of nitrogens with zero attached hydrogens (tertiary/aromatic N) is 5. The molecule has 2 aromatic rings. The van der Waals surface area contributed by atoms with E-state index in [1.165, 1.54) is 0 Å². The first-order valence-corrected chi connectivity index (χ1v) is 8.87. The molecule has 8 heteroatoms. The van der Waals surface area contributed by atoms with Crippen molar-refractivity contribution >= 4 is 11.8 Å². The van der Waals surface area contributed by atoms with E-state index in [1.807, 2.05) is 23.5 Å². The van der Waals surface area contributed by atoms with Crippen LogP contribution in [0.4, 0.5) is 11.8 Å². The van der Waals surface area contributed by atoms with Crippen molar-refractivity contribution in [3.63, 3.8) is 0 Å². The molecule has 0 aromatic carbocycles. The minimum atomic E-state index is -0.270. The Morgan fingerprint density at radius 3 is 2.96 bits per heavy atom. The van der Waals surface area contributed by atoms with Gasteiger partial charge in [-0.25, -0.2) is 9.97 Å². The summed E-state index contributed by atoms with van der Waals surface area (Å²) in [4.78, 5) is 15.4. The molecule has 0 saturated carbocycles. The Hall–Kier alpha value is -2.19. The summed E-state index contributed by atoms with van der Waals surface area (Å²) < 4.78 is 7.57. The second-order valence-corrected chi connectivity index (χ2v) is 6.68. The molecule has 1 unspecified atom stereocenters. The molecule has 134 valence electrons. The van der Waals surface area contributed by atoms with Gasteiger partial charge < -0.3 is 24.6 Å². The largest absolute Gasteiger partial charge is 0.389 e. The van der Waals surface area contributed by atoms with Crippen LogP contribution < -0.4 is 10.2 Å². The number of aromatic nitrogens is 4. The second-order valence-electron chi connectivity index (χ2n) is 6.68. The highest BCUT2D eigenvalue weighted by atomic mass is 16.5. The standard InChI is InChI=1S/C17H24N6O2/c24-14-9-23(10-14)17-20-15(13-2-7-25-11-13)8-16(21-17)19-3-1-5-22-6-4-18-12-22/h4,6,8,12-14,24H,1-3,5,7,9-11H2,(H,19,20,21). The van der Waals surface area contributed by atoms with Crippen molar-refractivity contribution in [2.75, 3.05) is 43.1 Å². The Morgan fingerprint density at radius 2 is 2.24 bits per heavy atom. The first kappa shape index (κ1) is 16.3. The fourth-order valence-electron chi connectivity index (χ4n) is 3.18. The van der Waals surface area contributed by atoms with Crippen molar-refractivity contribution in [3.05, 3.63) is 30.5 Å². The minimum absolute atomic E-state index is 0.270. The van der Waals surface area contributed by atoms with Gasteiger partial charge in [-0.05, 0) is 12.8 Å². The molecule has 4 rings (SSSR count). The SMILES string of the molecule is OC1CN(c2nc(NCCCn3ccnc3)cc(C3CCOC3)n2)C1. The van der Waals surface area contributed by atoms with Crippen molar-refractivity contribution in [1.82, 2.24) is 19.5 Å². The number of β-amino-alcohol motifs (C(OH)–C–C–N with tert-alkyl or cyclic N) is 1. The predicted molar refractivity (Wildman–Crippen MR) is 93.8 cm³/mol. The van der Waals surface area contributed by atoms with E-state index in [2.05, 4.69) is 19.9 Å². The first-order chi connectivity index (χ1) is 12.3. The third-order valence-corrected chi connectivity index (χ3v) is 4.69. The minimum Gasteiger partial charge on any atom is -0.389 e. The van der Waals surface area contributed by atoms with Gasteiger partial charge in [-0.1, -0.05) is 0 Å². The summed E-state index contributed by atoms with van der Waals surface area (Å²) in [6.45, 7) is 4.47. The topological polar surface area (TPSA) is 88.3 Å². The zero-order chi connectivity index (χ0) is 17.1. The van der Waals surface area contributed by atoms with E-state index in [-0.39, 0.29) is 6.10 Å². The molecular weight excluding hydrogens is 320 g/mol. The van der Waals surface area contributed by atoms with E-state index in [1.54, 1.807) is 6.20 Å². The monoisotopic (exact) mass is 344 g/mol. The fourth-order valence-corrected chi connectivity index (χ4v) is 3.18. The number of hydrogen-bond acceptors (Lipinski definition) is 7. The molecule has 0 bridgehead atoms. The van der Waals surface area contributed by atoms with E-state index in [4.69, 9.17) is 9.72 Å². The Bertz CT molecular complexity index is 680. The lowest BCUT2D eigenvalue weighted by molar-refractivity contribution is 0.140. The van der Waals surface area contributed by atoms with Crippen LogP contribution >= 0.6 is 0 Å². The molecule has 2 saturated heterocycles. The van der Waals surface area contributed by atoms with E-state index in [9.17, 15) is 5.11 Å². The number of hydrogen-bond donors (Lipinski definition) is 2. The molecular formula is C17H24N6O2. The quantitative estimate of drug-likeness (QED) is 0.720. The number of aliphatic hydroxyl groups is 1. The normalized spacial score (nSPS) is 20.7. The molecule has 2 N–H and O–H groups in total. The maximum atomic E-state index is 9.55. The predicted octanol–water partition coefficient (Wildman–Crippen LogP) is 0.860. The molecule has 25 heavy (non-hydrogen) atoms. The van der Waals surface area contributed by atoms with Crippen LogP contribution in [0.2, 0.25) is 0 Å².